The highest BCUT2D eigenvalue weighted by atomic mass is 35.5. The number of halogens is 1. The first-order valence-electron chi connectivity index (χ1n) is 6.43. The standard InChI is InChI=1S/C15H15ClN2O/c1-19-11-7-5-10(6-8-11)9-14-17-13-4-2-3-12(13)15(16)18-14/h5-8H,2-4,9H2,1H3. The first-order chi connectivity index (χ1) is 9.26. The number of ether oxygens (including phenoxy) is 1. The van der Waals surface area contributed by atoms with E-state index in [1.165, 1.54) is 0 Å². The van der Waals surface area contributed by atoms with Gasteiger partial charge < -0.3 is 4.74 Å². The molecule has 1 aliphatic carbocycles. The molecule has 0 spiro atoms. The van der Waals surface area contributed by atoms with Crippen molar-refractivity contribution in [3.63, 3.8) is 0 Å². The van der Waals surface area contributed by atoms with E-state index in [0.717, 1.165) is 47.7 Å². The molecule has 3 nitrogen and oxygen atoms in total. The maximum atomic E-state index is 6.22. The monoisotopic (exact) mass is 274 g/mol. The van der Waals surface area contributed by atoms with Crippen LogP contribution >= 0.6 is 11.6 Å². The van der Waals surface area contributed by atoms with E-state index in [0.29, 0.717) is 11.6 Å². The van der Waals surface area contributed by atoms with Crippen molar-refractivity contribution in [2.45, 2.75) is 25.7 Å². The third-order valence-electron chi connectivity index (χ3n) is 3.45. The Morgan fingerprint density at radius 2 is 1.95 bits per heavy atom. The summed E-state index contributed by atoms with van der Waals surface area (Å²) in [6.07, 6.45) is 3.87. The van der Waals surface area contributed by atoms with E-state index >= 15 is 0 Å². The molecule has 0 atom stereocenters. The fourth-order valence-electron chi connectivity index (χ4n) is 2.44. The lowest BCUT2D eigenvalue weighted by Gasteiger charge is -2.06. The van der Waals surface area contributed by atoms with Gasteiger partial charge in [0.25, 0.3) is 0 Å². The van der Waals surface area contributed by atoms with Crippen LogP contribution in [0.4, 0.5) is 0 Å². The molecule has 0 unspecified atom stereocenters. The second-order valence-electron chi connectivity index (χ2n) is 4.73. The molecule has 98 valence electrons. The van der Waals surface area contributed by atoms with Crippen molar-refractivity contribution in [2.75, 3.05) is 7.11 Å². The number of hydrogen-bond donors (Lipinski definition) is 0. The predicted octanol–water partition coefficient (Wildman–Crippen LogP) is 3.22. The zero-order chi connectivity index (χ0) is 13.2. The van der Waals surface area contributed by atoms with Gasteiger partial charge in [0, 0.05) is 17.7 Å². The highest BCUT2D eigenvalue weighted by Gasteiger charge is 2.18. The molecule has 1 aliphatic rings. The van der Waals surface area contributed by atoms with Gasteiger partial charge >= 0.3 is 0 Å². The Balaban J connectivity index is 1.84. The minimum Gasteiger partial charge on any atom is -0.497 e. The summed E-state index contributed by atoms with van der Waals surface area (Å²) < 4.78 is 5.15. The number of fused-ring (bicyclic) bond motifs is 1. The summed E-state index contributed by atoms with van der Waals surface area (Å²) in [4.78, 5) is 9.03. The van der Waals surface area contributed by atoms with Crippen molar-refractivity contribution in [2.24, 2.45) is 0 Å². The number of nitrogens with zero attached hydrogens (tertiary/aromatic N) is 2. The highest BCUT2D eigenvalue weighted by Crippen LogP contribution is 2.26. The van der Waals surface area contributed by atoms with Gasteiger partial charge in [0.1, 0.15) is 16.7 Å². The third-order valence-corrected chi connectivity index (χ3v) is 3.76. The van der Waals surface area contributed by atoms with Crippen molar-refractivity contribution in [3.8, 4) is 5.75 Å². The fourth-order valence-corrected chi connectivity index (χ4v) is 2.74. The smallest absolute Gasteiger partial charge is 0.136 e. The summed E-state index contributed by atoms with van der Waals surface area (Å²) in [7, 11) is 1.67. The summed E-state index contributed by atoms with van der Waals surface area (Å²) in [6.45, 7) is 0. The van der Waals surface area contributed by atoms with Crippen LogP contribution in [0.1, 0.15) is 29.1 Å². The van der Waals surface area contributed by atoms with Crippen LogP contribution in [0.5, 0.6) is 5.75 Å². The second-order valence-corrected chi connectivity index (χ2v) is 5.09. The molecular weight excluding hydrogens is 260 g/mol. The van der Waals surface area contributed by atoms with Gasteiger partial charge in [0.05, 0.1) is 7.11 Å². The van der Waals surface area contributed by atoms with Crippen LogP contribution in [0, 0.1) is 0 Å². The predicted molar refractivity (Wildman–Crippen MR) is 74.9 cm³/mol. The minimum atomic E-state index is 0.631. The van der Waals surface area contributed by atoms with E-state index in [4.69, 9.17) is 16.3 Å². The largest absolute Gasteiger partial charge is 0.497 e. The van der Waals surface area contributed by atoms with Crippen molar-refractivity contribution < 1.29 is 4.74 Å². The Hall–Kier alpha value is -1.61. The zero-order valence-corrected chi connectivity index (χ0v) is 11.6. The molecule has 1 heterocycles. The molecule has 0 fully saturated rings. The number of hydrogen-bond acceptors (Lipinski definition) is 3. The Morgan fingerprint density at radius 3 is 2.68 bits per heavy atom. The van der Waals surface area contributed by atoms with Gasteiger partial charge in [-0.05, 0) is 37.0 Å². The Morgan fingerprint density at radius 1 is 1.16 bits per heavy atom. The average Bonchev–Trinajstić information content (AvgIpc) is 2.88. The molecule has 2 aromatic rings. The van der Waals surface area contributed by atoms with Gasteiger partial charge in [-0.25, -0.2) is 9.97 Å². The Bertz CT molecular complexity index is 596. The molecule has 0 saturated heterocycles. The fraction of sp³-hybridized carbons (Fsp3) is 0.333. The van der Waals surface area contributed by atoms with E-state index in [-0.39, 0.29) is 0 Å². The molecule has 0 aliphatic heterocycles. The number of methoxy groups -OCH3 is 1. The minimum absolute atomic E-state index is 0.631. The van der Waals surface area contributed by atoms with Gasteiger partial charge in [-0.2, -0.15) is 0 Å². The summed E-state index contributed by atoms with van der Waals surface area (Å²) in [6, 6.07) is 7.96. The maximum absolute atomic E-state index is 6.22. The van der Waals surface area contributed by atoms with Crippen molar-refractivity contribution in [3.05, 3.63) is 52.1 Å². The van der Waals surface area contributed by atoms with Gasteiger partial charge in [-0.3, -0.25) is 0 Å². The average molecular weight is 275 g/mol. The SMILES string of the molecule is COc1ccc(Cc2nc(Cl)c3c(n2)CCC3)cc1. The van der Waals surface area contributed by atoms with Gasteiger partial charge in [0.15, 0.2) is 0 Å². The second kappa shape index (κ2) is 5.17. The molecule has 19 heavy (non-hydrogen) atoms. The summed E-state index contributed by atoms with van der Waals surface area (Å²) in [5, 5.41) is 0.631. The molecule has 0 bridgehead atoms. The molecular formula is C15H15ClN2O. The normalized spacial score (nSPS) is 13.4. The van der Waals surface area contributed by atoms with E-state index < -0.39 is 0 Å². The number of rotatable bonds is 3. The number of aryl methyl sites for hydroxylation is 1. The lowest BCUT2D eigenvalue weighted by atomic mass is 10.1. The van der Waals surface area contributed by atoms with E-state index in [9.17, 15) is 0 Å². The van der Waals surface area contributed by atoms with Crippen LogP contribution < -0.4 is 4.74 Å². The molecule has 3 rings (SSSR count). The van der Waals surface area contributed by atoms with E-state index in [2.05, 4.69) is 9.97 Å². The van der Waals surface area contributed by atoms with Crippen LogP contribution in [-0.4, -0.2) is 17.1 Å². The Labute approximate surface area is 117 Å². The Kier molecular flexibility index (Phi) is 3.38. The van der Waals surface area contributed by atoms with Gasteiger partial charge in [0.2, 0.25) is 0 Å². The molecule has 1 aromatic heterocycles. The van der Waals surface area contributed by atoms with Crippen molar-refractivity contribution in [1.82, 2.24) is 9.97 Å². The molecule has 0 saturated carbocycles. The third kappa shape index (κ3) is 2.56. The molecule has 0 radical (unpaired) electrons. The summed E-state index contributed by atoms with van der Waals surface area (Å²) in [5.74, 6) is 1.66. The highest BCUT2D eigenvalue weighted by molar-refractivity contribution is 6.30. The van der Waals surface area contributed by atoms with Crippen LogP contribution in [0.2, 0.25) is 5.15 Å². The summed E-state index contributed by atoms with van der Waals surface area (Å²) >= 11 is 6.22. The maximum Gasteiger partial charge on any atom is 0.136 e. The van der Waals surface area contributed by atoms with Crippen LogP contribution in [-0.2, 0) is 19.3 Å². The number of benzene rings is 1. The van der Waals surface area contributed by atoms with Crippen LogP contribution in [0.25, 0.3) is 0 Å². The van der Waals surface area contributed by atoms with Gasteiger partial charge in [-0.15, -0.1) is 0 Å². The van der Waals surface area contributed by atoms with Crippen LogP contribution in [0.3, 0.4) is 0 Å². The van der Waals surface area contributed by atoms with Crippen LogP contribution in [0.15, 0.2) is 24.3 Å². The number of aromatic nitrogens is 2. The van der Waals surface area contributed by atoms with E-state index in [1.807, 2.05) is 24.3 Å². The van der Waals surface area contributed by atoms with Crippen molar-refractivity contribution in [1.29, 1.82) is 0 Å². The quantitative estimate of drug-likeness (QED) is 0.806. The molecule has 4 heteroatoms. The first-order valence-corrected chi connectivity index (χ1v) is 6.81. The van der Waals surface area contributed by atoms with Gasteiger partial charge in [-0.1, -0.05) is 23.7 Å². The molecule has 1 aromatic carbocycles. The molecule has 0 N–H and O–H groups in total. The van der Waals surface area contributed by atoms with Crippen molar-refractivity contribution >= 4 is 11.6 Å². The summed E-state index contributed by atoms with van der Waals surface area (Å²) in [5.41, 5.74) is 3.43. The lowest BCUT2D eigenvalue weighted by Crippen LogP contribution is -2.02. The molecule has 0 amide bonds. The zero-order valence-electron chi connectivity index (χ0n) is 10.8. The van der Waals surface area contributed by atoms with E-state index in [1.54, 1.807) is 7.11 Å². The lowest BCUT2D eigenvalue weighted by molar-refractivity contribution is 0.414. The topological polar surface area (TPSA) is 35.0 Å². The first kappa shape index (κ1) is 12.4.